The molecule has 19 heavy (non-hydrogen) atoms. The molecule has 0 fully saturated rings. The largest absolute Gasteiger partial charge is 0.496 e. The maximum absolute atomic E-state index is 10.6. The van der Waals surface area contributed by atoms with Crippen molar-refractivity contribution in [3.63, 3.8) is 0 Å². The van der Waals surface area contributed by atoms with Gasteiger partial charge in [-0.25, -0.2) is 0 Å². The van der Waals surface area contributed by atoms with Gasteiger partial charge >= 0.3 is 0 Å². The van der Waals surface area contributed by atoms with Crippen molar-refractivity contribution < 1.29 is 14.6 Å². The molecule has 1 unspecified atom stereocenters. The van der Waals surface area contributed by atoms with Crippen LogP contribution in [0.5, 0.6) is 5.75 Å². The Morgan fingerprint density at radius 2 is 2.26 bits per heavy atom. The molecule has 5 heteroatoms. The fourth-order valence-corrected chi connectivity index (χ4v) is 1.85. The fraction of sp³-hybridized carbons (Fsp3) is 0.500. The Balaban J connectivity index is 2.46. The number of methoxy groups -OCH3 is 1. The molecule has 4 N–H and O–H groups in total. The van der Waals surface area contributed by atoms with Crippen LogP contribution < -0.4 is 15.8 Å². The zero-order valence-corrected chi connectivity index (χ0v) is 11.5. The molecule has 1 aromatic carbocycles. The lowest BCUT2D eigenvalue weighted by Crippen LogP contribution is -2.24. The van der Waals surface area contributed by atoms with Crippen LogP contribution in [0.15, 0.2) is 18.2 Å². The normalized spacial score (nSPS) is 12.2. The van der Waals surface area contributed by atoms with Gasteiger partial charge in [0.05, 0.1) is 13.2 Å². The van der Waals surface area contributed by atoms with Crippen LogP contribution in [0, 0.1) is 6.92 Å². The molecule has 1 rings (SSSR count). The van der Waals surface area contributed by atoms with Gasteiger partial charge in [0.1, 0.15) is 5.75 Å². The summed E-state index contributed by atoms with van der Waals surface area (Å²) in [5, 5.41) is 13.2. The lowest BCUT2D eigenvalue weighted by Gasteiger charge is -2.16. The highest BCUT2D eigenvalue weighted by atomic mass is 16.5. The molecule has 1 amide bonds. The van der Waals surface area contributed by atoms with Gasteiger partial charge in [-0.05, 0) is 32.0 Å². The number of rotatable bonds is 8. The number of hydrogen-bond donors (Lipinski definition) is 3. The van der Waals surface area contributed by atoms with Crippen molar-refractivity contribution in [1.82, 2.24) is 5.32 Å². The van der Waals surface area contributed by atoms with Crippen LogP contribution in [0.2, 0.25) is 0 Å². The number of ether oxygens (including phenoxy) is 1. The van der Waals surface area contributed by atoms with Gasteiger partial charge in [-0.3, -0.25) is 4.79 Å². The number of nitrogens with one attached hydrogen (secondary N) is 1. The van der Waals surface area contributed by atoms with Crippen LogP contribution in [-0.4, -0.2) is 31.2 Å². The lowest BCUT2D eigenvalue weighted by molar-refractivity contribution is -0.118. The van der Waals surface area contributed by atoms with Gasteiger partial charge in [-0.15, -0.1) is 0 Å². The van der Waals surface area contributed by atoms with E-state index in [0.717, 1.165) is 11.1 Å². The molecule has 0 aliphatic rings. The molecule has 0 radical (unpaired) electrons. The molecule has 0 saturated carbocycles. The minimum atomic E-state index is -0.636. The number of benzene rings is 1. The van der Waals surface area contributed by atoms with Crippen molar-refractivity contribution in [3.8, 4) is 5.75 Å². The first-order valence-corrected chi connectivity index (χ1v) is 6.36. The molecule has 5 nitrogen and oxygen atoms in total. The number of hydrogen-bond acceptors (Lipinski definition) is 4. The van der Waals surface area contributed by atoms with Crippen LogP contribution in [0.4, 0.5) is 0 Å². The Morgan fingerprint density at radius 3 is 2.89 bits per heavy atom. The predicted octanol–water partition coefficient (Wildman–Crippen LogP) is 0.892. The van der Waals surface area contributed by atoms with Crippen LogP contribution in [0.3, 0.4) is 0 Å². The van der Waals surface area contributed by atoms with Crippen molar-refractivity contribution in [2.45, 2.75) is 25.9 Å². The average Bonchev–Trinajstić information content (AvgIpc) is 2.37. The third-order valence-electron chi connectivity index (χ3n) is 2.86. The summed E-state index contributed by atoms with van der Waals surface area (Å²) >= 11 is 0. The Bertz CT molecular complexity index is 421. The van der Waals surface area contributed by atoms with Crippen LogP contribution in [0.25, 0.3) is 0 Å². The zero-order valence-electron chi connectivity index (χ0n) is 11.5. The summed E-state index contributed by atoms with van der Waals surface area (Å²) in [6.07, 6.45) is 0.396. The number of carbonyl (C=O) groups excluding carboxylic acids is 1. The molecule has 0 aliphatic heterocycles. The van der Waals surface area contributed by atoms with Gasteiger partial charge < -0.3 is 20.9 Å². The van der Waals surface area contributed by atoms with E-state index in [-0.39, 0.29) is 5.91 Å². The smallest absolute Gasteiger partial charge is 0.217 e. The Hall–Kier alpha value is -1.59. The predicted molar refractivity (Wildman–Crippen MR) is 74.0 cm³/mol. The Labute approximate surface area is 113 Å². The summed E-state index contributed by atoms with van der Waals surface area (Å²) in [5.41, 5.74) is 6.89. The van der Waals surface area contributed by atoms with E-state index in [4.69, 9.17) is 10.5 Å². The van der Waals surface area contributed by atoms with Gasteiger partial charge in [0.2, 0.25) is 5.91 Å². The number of carbonyl (C=O) groups is 1. The monoisotopic (exact) mass is 266 g/mol. The third kappa shape index (κ3) is 5.28. The third-order valence-corrected chi connectivity index (χ3v) is 2.86. The highest BCUT2D eigenvalue weighted by Gasteiger charge is 2.12. The lowest BCUT2D eigenvalue weighted by atomic mass is 10.1. The highest BCUT2D eigenvalue weighted by molar-refractivity contribution is 5.73. The summed E-state index contributed by atoms with van der Waals surface area (Å²) in [5.74, 6) is 0.375. The summed E-state index contributed by atoms with van der Waals surface area (Å²) in [6.45, 7) is 3.03. The van der Waals surface area contributed by atoms with Crippen molar-refractivity contribution in [2.24, 2.45) is 5.73 Å². The molecule has 1 atom stereocenters. The van der Waals surface area contributed by atoms with Crippen molar-refractivity contribution in [3.05, 3.63) is 29.3 Å². The summed E-state index contributed by atoms with van der Waals surface area (Å²) < 4.78 is 5.23. The minimum absolute atomic E-state index is 0.303. The van der Waals surface area contributed by atoms with Gasteiger partial charge in [0.15, 0.2) is 0 Å². The van der Waals surface area contributed by atoms with Gasteiger partial charge in [-0.1, -0.05) is 11.6 Å². The summed E-state index contributed by atoms with van der Waals surface area (Å²) in [7, 11) is 1.58. The molecular weight excluding hydrogens is 244 g/mol. The van der Waals surface area contributed by atoms with Crippen molar-refractivity contribution in [1.29, 1.82) is 0 Å². The Morgan fingerprint density at radius 1 is 1.53 bits per heavy atom. The average molecular weight is 266 g/mol. The van der Waals surface area contributed by atoms with Gasteiger partial charge in [0.25, 0.3) is 0 Å². The van der Waals surface area contributed by atoms with E-state index in [0.29, 0.717) is 31.7 Å². The quantitative estimate of drug-likeness (QED) is 0.610. The summed E-state index contributed by atoms with van der Waals surface area (Å²) in [4.78, 5) is 10.6. The van der Waals surface area contributed by atoms with E-state index < -0.39 is 6.10 Å². The number of amides is 1. The standard InChI is InChI=1S/C14H22N2O3/c1-10-5-6-13(19-2)11(8-10)12(17)9-16-7-3-4-14(15)18/h5-6,8,12,16-17H,3-4,7,9H2,1-2H3,(H2,15,18). The number of aliphatic hydroxyl groups is 1. The van der Waals surface area contributed by atoms with E-state index >= 15 is 0 Å². The zero-order chi connectivity index (χ0) is 14.3. The van der Waals surface area contributed by atoms with Crippen LogP contribution in [0.1, 0.15) is 30.1 Å². The summed E-state index contributed by atoms with van der Waals surface area (Å²) in [6, 6.07) is 5.70. The maximum Gasteiger partial charge on any atom is 0.217 e. The molecule has 0 aromatic heterocycles. The maximum atomic E-state index is 10.6. The molecule has 0 spiro atoms. The number of nitrogens with two attached hydrogens (primary N) is 1. The minimum Gasteiger partial charge on any atom is -0.496 e. The van der Waals surface area contributed by atoms with Crippen LogP contribution >= 0.6 is 0 Å². The second-order valence-electron chi connectivity index (χ2n) is 4.54. The van der Waals surface area contributed by atoms with Gasteiger partial charge in [0, 0.05) is 18.5 Å². The van der Waals surface area contributed by atoms with E-state index in [2.05, 4.69) is 5.32 Å². The van der Waals surface area contributed by atoms with E-state index in [1.165, 1.54) is 0 Å². The van der Waals surface area contributed by atoms with E-state index in [9.17, 15) is 9.90 Å². The molecular formula is C14H22N2O3. The molecule has 0 saturated heterocycles. The molecule has 0 heterocycles. The second kappa shape index (κ2) is 7.76. The first kappa shape index (κ1) is 15.5. The first-order chi connectivity index (χ1) is 9.04. The van der Waals surface area contributed by atoms with Gasteiger partial charge in [-0.2, -0.15) is 0 Å². The van der Waals surface area contributed by atoms with E-state index in [1.807, 2.05) is 25.1 Å². The highest BCUT2D eigenvalue weighted by Crippen LogP contribution is 2.25. The number of primary amides is 1. The molecule has 106 valence electrons. The molecule has 0 aliphatic carbocycles. The molecule has 0 bridgehead atoms. The molecule has 1 aromatic rings. The first-order valence-electron chi connectivity index (χ1n) is 6.36. The van der Waals surface area contributed by atoms with Crippen molar-refractivity contribution >= 4 is 5.91 Å². The van der Waals surface area contributed by atoms with E-state index in [1.54, 1.807) is 7.11 Å². The number of aryl methyl sites for hydroxylation is 1. The fourth-order valence-electron chi connectivity index (χ4n) is 1.85. The van der Waals surface area contributed by atoms with Crippen LogP contribution in [-0.2, 0) is 4.79 Å². The topological polar surface area (TPSA) is 84.6 Å². The Kier molecular flexibility index (Phi) is 6.32. The second-order valence-corrected chi connectivity index (χ2v) is 4.54. The van der Waals surface area contributed by atoms with Crippen molar-refractivity contribution in [2.75, 3.05) is 20.2 Å². The SMILES string of the molecule is COc1ccc(C)cc1C(O)CNCCCC(N)=O. The number of aliphatic hydroxyl groups excluding tert-OH is 1.